The fourth-order valence-electron chi connectivity index (χ4n) is 1.47. The summed E-state index contributed by atoms with van der Waals surface area (Å²) in [4.78, 5) is 0. The molecule has 0 saturated heterocycles. The van der Waals surface area contributed by atoms with Gasteiger partial charge in [-0.1, -0.05) is 29.8 Å². The molecule has 1 rings (SSSR count). The van der Waals surface area contributed by atoms with Crippen molar-refractivity contribution in [2.24, 2.45) is 0 Å². The Morgan fingerprint density at radius 1 is 1.21 bits per heavy atom. The molecule has 1 nitrogen and oxygen atoms in total. The highest BCUT2D eigenvalue weighted by atomic mass is 19.3. The molecule has 0 saturated carbocycles. The molecule has 1 atom stereocenters. The Labute approximate surface area is 83.1 Å². The van der Waals surface area contributed by atoms with Crippen LogP contribution in [0.1, 0.15) is 24.1 Å². The van der Waals surface area contributed by atoms with Gasteiger partial charge < -0.3 is 5.32 Å². The maximum Gasteiger partial charge on any atom is 0.264 e. The molecule has 0 fully saturated rings. The van der Waals surface area contributed by atoms with Crippen molar-refractivity contribution >= 4 is 0 Å². The molecule has 0 aromatic heterocycles. The Balaban J connectivity index is 2.96. The van der Waals surface area contributed by atoms with E-state index in [0.29, 0.717) is 5.56 Å². The summed E-state index contributed by atoms with van der Waals surface area (Å²) >= 11 is 0. The van der Waals surface area contributed by atoms with Crippen LogP contribution in [0.4, 0.5) is 8.78 Å². The number of nitrogens with one attached hydrogen (secondary N) is 1. The molecule has 0 radical (unpaired) electrons. The summed E-state index contributed by atoms with van der Waals surface area (Å²) in [5.74, 6) is -2.75. The minimum Gasteiger partial charge on any atom is -0.308 e. The van der Waals surface area contributed by atoms with Crippen LogP contribution in [-0.4, -0.2) is 13.0 Å². The van der Waals surface area contributed by atoms with Gasteiger partial charge in [0.1, 0.15) is 0 Å². The number of aryl methyl sites for hydroxylation is 1. The largest absolute Gasteiger partial charge is 0.308 e. The second-order valence-electron chi connectivity index (χ2n) is 3.59. The Kier molecular flexibility index (Phi) is 3.21. The van der Waals surface area contributed by atoms with E-state index in [2.05, 4.69) is 5.32 Å². The van der Waals surface area contributed by atoms with Gasteiger partial charge in [-0.2, -0.15) is 0 Å². The van der Waals surface area contributed by atoms with Gasteiger partial charge in [0, 0.05) is 6.92 Å². The molecule has 1 unspecified atom stereocenters. The van der Waals surface area contributed by atoms with Crippen LogP contribution >= 0.6 is 0 Å². The summed E-state index contributed by atoms with van der Waals surface area (Å²) in [6.45, 7) is 2.86. The zero-order valence-electron chi connectivity index (χ0n) is 8.64. The van der Waals surface area contributed by atoms with Crippen LogP contribution < -0.4 is 5.32 Å². The first-order valence-corrected chi connectivity index (χ1v) is 4.57. The zero-order valence-corrected chi connectivity index (χ0v) is 8.64. The van der Waals surface area contributed by atoms with E-state index in [0.717, 1.165) is 12.5 Å². The van der Waals surface area contributed by atoms with Crippen molar-refractivity contribution in [3.05, 3.63) is 35.4 Å². The van der Waals surface area contributed by atoms with E-state index in [-0.39, 0.29) is 0 Å². The maximum atomic E-state index is 13.1. The highest BCUT2D eigenvalue weighted by Crippen LogP contribution is 2.30. The van der Waals surface area contributed by atoms with Crippen LogP contribution in [0, 0.1) is 6.92 Å². The van der Waals surface area contributed by atoms with Crippen molar-refractivity contribution in [3.8, 4) is 0 Å². The smallest absolute Gasteiger partial charge is 0.264 e. The Bertz CT molecular complexity index is 287. The number of halogens is 2. The SMILES string of the molecule is CNC(c1ccc(C)cc1)C(C)(F)F. The molecule has 0 amide bonds. The summed E-state index contributed by atoms with van der Waals surface area (Å²) in [7, 11) is 1.54. The first-order chi connectivity index (χ1) is 6.45. The van der Waals surface area contributed by atoms with Crippen LogP contribution in [0.5, 0.6) is 0 Å². The summed E-state index contributed by atoms with van der Waals surface area (Å²) in [6, 6.07) is 6.22. The van der Waals surface area contributed by atoms with Gasteiger partial charge in [0.05, 0.1) is 6.04 Å². The molecular formula is C11H15F2N. The van der Waals surface area contributed by atoms with E-state index >= 15 is 0 Å². The van der Waals surface area contributed by atoms with Gasteiger partial charge in [-0.15, -0.1) is 0 Å². The molecule has 1 aromatic rings. The average molecular weight is 199 g/mol. The van der Waals surface area contributed by atoms with E-state index in [4.69, 9.17) is 0 Å². The molecule has 0 bridgehead atoms. The minimum atomic E-state index is -2.75. The number of hydrogen-bond donors (Lipinski definition) is 1. The second kappa shape index (κ2) is 4.05. The zero-order chi connectivity index (χ0) is 10.8. The maximum absolute atomic E-state index is 13.1. The lowest BCUT2D eigenvalue weighted by Crippen LogP contribution is -2.32. The summed E-state index contributed by atoms with van der Waals surface area (Å²) in [5, 5.41) is 2.63. The van der Waals surface area contributed by atoms with Crippen LogP contribution in [0.3, 0.4) is 0 Å². The molecule has 3 heteroatoms. The number of alkyl halides is 2. The van der Waals surface area contributed by atoms with Crippen LogP contribution in [0.25, 0.3) is 0 Å². The predicted molar refractivity (Wildman–Crippen MR) is 53.6 cm³/mol. The second-order valence-corrected chi connectivity index (χ2v) is 3.59. The van der Waals surface area contributed by atoms with Crippen molar-refractivity contribution in [3.63, 3.8) is 0 Å². The van der Waals surface area contributed by atoms with Gasteiger partial charge in [-0.25, -0.2) is 8.78 Å². The third-order valence-electron chi connectivity index (χ3n) is 2.21. The highest BCUT2D eigenvalue weighted by Gasteiger charge is 2.33. The van der Waals surface area contributed by atoms with Crippen LogP contribution in [0.2, 0.25) is 0 Å². The van der Waals surface area contributed by atoms with Gasteiger partial charge in [0.15, 0.2) is 0 Å². The van der Waals surface area contributed by atoms with Crippen molar-refractivity contribution in [2.45, 2.75) is 25.8 Å². The molecule has 0 aliphatic rings. The molecule has 0 spiro atoms. The Morgan fingerprint density at radius 2 is 1.71 bits per heavy atom. The molecule has 1 aromatic carbocycles. The number of hydrogen-bond acceptors (Lipinski definition) is 1. The Morgan fingerprint density at radius 3 is 2.07 bits per heavy atom. The average Bonchev–Trinajstić information content (AvgIpc) is 2.07. The van der Waals surface area contributed by atoms with Crippen molar-refractivity contribution in [2.75, 3.05) is 7.05 Å². The lowest BCUT2D eigenvalue weighted by molar-refractivity contribution is -0.0169. The molecule has 1 N–H and O–H groups in total. The summed E-state index contributed by atoms with van der Waals surface area (Å²) in [5.41, 5.74) is 1.69. The third-order valence-corrected chi connectivity index (χ3v) is 2.21. The Hall–Kier alpha value is -0.960. The van der Waals surface area contributed by atoms with E-state index in [9.17, 15) is 8.78 Å². The normalized spacial score (nSPS) is 14.1. The van der Waals surface area contributed by atoms with Gasteiger partial charge in [-0.3, -0.25) is 0 Å². The van der Waals surface area contributed by atoms with Gasteiger partial charge >= 0.3 is 0 Å². The topological polar surface area (TPSA) is 12.0 Å². The molecule has 78 valence electrons. The highest BCUT2D eigenvalue weighted by molar-refractivity contribution is 5.25. The molecule has 0 aliphatic heterocycles. The fraction of sp³-hybridized carbons (Fsp3) is 0.455. The lowest BCUT2D eigenvalue weighted by Gasteiger charge is -2.23. The monoisotopic (exact) mass is 199 g/mol. The summed E-state index contributed by atoms with van der Waals surface area (Å²) in [6.07, 6.45) is 0. The quantitative estimate of drug-likeness (QED) is 0.789. The fourth-order valence-corrected chi connectivity index (χ4v) is 1.47. The lowest BCUT2D eigenvalue weighted by atomic mass is 10.0. The molecule has 0 heterocycles. The van der Waals surface area contributed by atoms with Gasteiger partial charge in [0.25, 0.3) is 5.92 Å². The van der Waals surface area contributed by atoms with Crippen LogP contribution in [0.15, 0.2) is 24.3 Å². The first kappa shape index (κ1) is 11.1. The standard InChI is InChI=1S/C11H15F2N/c1-8-4-6-9(7-5-8)10(14-3)11(2,12)13/h4-7,10,14H,1-3H3. The third kappa shape index (κ3) is 2.51. The van der Waals surface area contributed by atoms with E-state index in [1.807, 2.05) is 19.1 Å². The van der Waals surface area contributed by atoms with E-state index in [1.165, 1.54) is 0 Å². The van der Waals surface area contributed by atoms with Crippen molar-refractivity contribution in [1.82, 2.24) is 5.32 Å². The number of benzene rings is 1. The molecule has 0 aliphatic carbocycles. The summed E-state index contributed by atoms with van der Waals surface area (Å²) < 4.78 is 26.2. The predicted octanol–water partition coefficient (Wildman–Crippen LogP) is 2.91. The minimum absolute atomic E-state index is 0.616. The van der Waals surface area contributed by atoms with E-state index < -0.39 is 12.0 Å². The molecule has 14 heavy (non-hydrogen) atoms. The molecular weight excluding hydrogens is 184 g/mol. The number of rotatable bonds is 3. The van der Waals surface area contributed by atoms with Crippen molar-refractivity contribution < 1.29 is 8.78 Å². The first-order valence-electron chi connectivity index (χ1n) is 4.57. The van der Waals surface area contributed by atoms with Crippen molar-refractivity contribution in [1.29, 1.82) is 0 Å². The van der Waals surface area contributed by atoms with Gasteiger partial charge in [0.2, 0.25) is 0 Å². The van der Waals surface area contributed by atoms with Gasteiger partial charge in [-0.05, 0) is 19.5 Å². The van der Waals surface area contributed by atoms with E-state index in [1.54, 1.807) is 19.2 Å². The van der Waals surface area contributed by atoms with Crippen LogP contribution in [-0.2, 0) is 0 Å².